The summed E-state index contributed by atoms with van der Waals surface area (Å²) in [6.07, 6.45) is 15.9. The lowest BCUT2D eigenvalue weighted by Crippen LogP contribution is -2.18. The number of allylic oxidation sites excluding steroid dienone is 1. The minimum Gasteiger partial charge on any atom is -0.307 e. The van der Waals surface area contributed by atoms with E-state index in [1.165, 1.54) is 77.3 Å². The molecular formula is C18H37N. The van der Waals surface area contributed by atoms with E-state index in [4.69, 9.17) is 0 Å². The average molecular weight is 268 g/mol. The summed E-state index contributed by atoms with van der Waals surface area (Å²) in [6, 6.07) is 0. The Hall–Kier alpha value is -0.300. The van der Waals surface area contributed by atoms with E-state index in [-0.39, 0.29) is 0 Å². The minimum atomic E-state index is 0.932. The fourth-order valence-corrected chi connectivity index (χ4v) is 2.49. The van der Waals surface area contributed by atoms with Crippen LogP contribution in [0.4, 0.5) is 0 Å². The third-order valence-electron chi connectivity index (χ3n) is 4.13. The molecular weight excluding hydrogens is 230 g/mol. The second kappa shape index (κ2) is 14.1. The summed E-state index contributed by atoms with van der Waals surface area (Å²) in [6.45, 7) is 10.9. The van der Waals surface area contributed by atoms with Gasteiger partial charge in [-0.15, -0.1) is 6.58 Å². The smallest absolute Gasteiger partial charge is 0.00219 e. The highest BCUT2D eigenvalue weighted by Gasteiger charge is 2.02. The van der Waals surface area contributed by atoms with Crippen LogP contribution in [0.1, 0.15) is 78.1 Å². The van der Waals surface area contributed by atoms with Gasteiger partial charge in [0.2, 0.25) is 0 Å². The first-order chi connectivity index (χ1) is 9.20. The molecule has 0 aliphatic heterocycles. The zero-order valence-corrected chi connectivity index (χ0v) is 13.8. The fraction of sp³-hybridized carbons (Fsp3) is 0.889. The highest BCUT2D eigenvalue weighted by Crippen LogP contribution is 2.17. The van der Waals surface area contributed by atoms with Gasteiger partial charge in [0.25, 0.3) is 0 Å². The third-order valence-corrected chi connectivity index (χ3v) is 4.13. The number of nitrogens with zero attached hydrogens (tertiary/aromatic N) is 1. The van der Waals surface area contributed by atoms with E-state index in [1.54, 1.807) is 0 Å². The van der Waals surface area contributed by atoms with Gasteiger partial charge in [-0.3, -0.25) is 0 Å². The van der Waals surface area contributed by atoms with Gasteiger partial charge in [0.1, 0.15) is 0 Å². The van der Waals surface area contributed by atoms with Crippen molar-refractivity contribution in [3.05, 3.63) is 12.7 Å². The van der Waals surface area contributed by atoms with E-state index in [9.17, 15) is 0 Å². The first kappa shape index (κ1) is 18.7. The van der Waals surface area contributed by atoms with Crippen LogP contribution in [0.2, 0.25) is 0 Å². The standard InChI is InChI=1S/C18H37N/c1-5-7-8-9-12-15-18(3)16-13-10-11-14-17-19(4)6-2/h5,18H,1,6-17H2,2-4H3. The normalized spacial score (nSPS) is 12.8. The minimum absolute atomic E-state index is 0.932. The highest BCUT2D eigenvalue weighted by molar-refractivity contribution is 4.65. The molecule has 1 atom stereocenters. The largest absolute Gasteiger partial charge is 0.307 e. The molecule has 1 nitrogen and oxygen atoms in total. The quantitative estimate of drug-likeness (QED) is 0.290. The molecule has 0 bridgehead atoms. The van der Waals surface area contributed by atoms with Gasteiger partial charge in [0.05, 0.1) is 0 Å². The number of unbranched alkanes of at least 4 members (excludes halogenated alkanes) is 6. The van der Waals surface area contributed by atoms with Gasteiger partial charge in [0, 0.05) is 0 Å². The van der Waals surface area contributed by atoms with E-state index in [2.05, 4.69) is 32.4 Å². The number of rotatable bonds is 14. The van der Waals surface area contributed by atoms with Crippen molar-refractivity contribution in [1.29, 1.82) is 0 Å². The Labute approximate surface area is 122 Å². The van der Waals surface area contributed by atoms with Crippen molar-refractivity contribution in [3.63, 3.8) is 0 Å². The van der Waals surface area contributed by atoms with Crippen molar-refractivity contribution in [2.75, 3.05) is 20.1 Å². The fourth-order valence-electron chi connectivity index (χ4n) is 2.49. The Kier molecular flexibility index (Phi) is 13.9. The van der Waals surface area contributed by atoms with Crippen LogP contribution in [0.5, 0.6) is 0 Å². The van der Waals surface area contributed by atoms with Crippen LogP contribution < -0.4 is 0 Å². The van der Waals surface area contributed by atoms with E-state index in [1.807, 2.05) is 6.08 Å². The molecule has 0 spiro atoms. The molecule has 0 saturated heterocycles. The van der Waals surface area contributed by atoms with Gasteiger partial charge < -0.3 is 4.90 Å². The van der Waals surface area contributed by atoms with Crippen molar-refractivity contribution >= 4 is 0 Å². The maximum Gasteiger partial charge on any atom is -0.00219 e. The van der Waals surface area contributed by atoms with Crippen LogP contribution in [0.25, 0.3) is 0 Å². The van der Waals surface area contributed by atoms with Crippen LogP contribution in [0, 0.1) is 5.92 Å². The Balaban J connectivity index is 3.20. The van der Waals surface area contributed by atoms with Crippen LogP contribution in [-0.4, -0.2) is 25.0 Å². The Morgan fingerprint density at radius 2 is 1.53 bits per heavy atom. The molecule has 0 aromatic rings. The van der Waals surface area contributed by atoms with Gasteiger partial charge >= 0.3 is 0 Å². The van der Waals surface area contributed by atoms with Gasteiger partial charge in [0.15, 0.2) is 0 Å². The lowest BCUT2D eigenvalue weighted by molar-refractivity contribution is 0.338. The predicted molar refractivity (Wildman–Crippen MR) is 88.7 cm³/mol. The van der Waals surface area contributed by atoms with E-state index in [0.29, 0.717) is 0 Å². The summed E-state index contributed by atoms with van der Waals surface area (Å²) in [5.41, 5.74) is 0. The molecule has 0 aromatic heterocycles. The molecule has 0 aliphatic carbocycles. The van der Waals surface area contributed by atoms with Crippen molar-refractivity contribution < 1.29 is 0 Å². The summed E-state index contributed by atoms with van der Waals surface area (Å²) in [5.74, 6) is 0.932. The van der Waals surface area contributed by atoms with Gasteiger partial charge in [-0.05, 0) is 45.3 Å². The summed E-state index contributed by atoms with van der Waals surface area (Å²) >= 11 is 0. The highest BCUT2D eigenvalue weighted by atomic mass is 15.1. The molecule has 1 heteroatoms. The molecule has 0 fully saturated rings. The van der Waals surface area contributed by atoms with Gasteiger partial charge in [-0.1, -0.05) is 64.9 Å². The molecule has 0 N–H and O–H groups in total. The third kappa shape index (κ3) is 13.9. The number of hydrogen-bond donors (Lipinski definition) is 0. The molecule has 0 heterocycles. The molecule has 0 saturated carbocycles. The summed E-state index contributed by atoms with van der Waals surface area (Å²) in [7, 11) is 2.22. The summed E-state index contributed by atoms with van der Waals surface area (Å²) in [5, 5.41) is 0. The van der Waals surface area contributed by atoms with E-state index in [0.717, 1.165) is 5.92 Å². The number of hydrogen-bond acceptors (Lipinski definition) is 1. The zero-order valence-electron chi connectivity index (χ0n) is 13.8. The predicted octanol–water partition coefficient (Wildman–Crippen LogP) is 5.66. The van der Waals surface area contributed by atoms with Crippen LogP contribution in [0.15, 0.2) is 12.7 Å². The Morgan fingerprint density at radius 3 is 2.11 bits per heavy atom. The molecule has 1 unspecified atom stereocenters. The van der Waals surface area contributed by atoms with E-state index < -0.39 is 0 Å². The van der Waals surface area contributed by atoms with Crippen LogP contribution in [-0.2, 0) is 0 Å². The molecule has 0 rings (SSSR count). The van der Waals surface area contributed by atoms with E-state index >= 15 is 0 Å². The van der Waals surface area contributed by atoms with Crippen molar-refractivity contribution in [3.8, 4) is 0 Å². The first-order valence-corrected chi connectivity index (χ1v) is 8.50. The topological polar surface area (TPSA) is 3.24 Å². The zero-order chi connectivity index (χ0) is 14.3. The van der Waals surface area contributed by atoms with Crippen LogP contribution >= 0.6 is 0 Å². The lowest BCUT2D eigenvalue weighted by Gasteiger charge is -2.13. The maximum absolute atomic E-state index is 3.77. The van der Waals surface area contributed by atoms with Crippen molar-refractivity contribution in [2.24, 2.45) is 5.92 Å². The molecule has 19 heavy (non-hydrogen) atoms. The Bertz CT molecular complexity index is 188. The first-order valence-electron chi connectivity index (χ1n) is 8.50. The monoisotopic (exact) mass is 267 g/mol. The van der Waals surface area contributed by atoms with Crippen LogP contribution in [0.3, 0.4) is 0 Å². The van der Waals surface area contributed by atoms with Crippen molar-refractivity contribution in [1.82, 2.24) is 4.90 Å². The molecule has 0 aromatic carbocycles. The average Bonchev–Trinajstić information content (AvgIpc) is 2.42. The van der Waals surface area contributed by atoms with Gasteiger partial charge in [-0.2, -0.15) is 0 Å². The maximum atomic E-state index is 3.77. The second-order valence-corrected chi connectivity index (χ2v) is 6.13. The molecule has 0 aliphatic rings. The molecule has 0 radical (unpaired) electrons. The second-order valence-electron chi connectivity index (χ2n) is 6.13. The molecule has 114 valence electrons. The summed E-state index contributed by atoms with van der Waals surface area (Å²) < 4.78 is 0. The van der Waals surface area contributed by atoms with Crippen molar-refractivity contribution in [2.45, 2.75) is 78.1 Å². The lowest BCUT2D eigenvalue weighted by atomic mass is 9.96. The molecule has 0 amide bonds. The van der Waals surface area contributed by atoms with Gasteiger partial charge in [-0.25, -0.2) is 0 Å². The Morgan fingerprint density at radius 1 is 0.947 bits per heavy atom. The summed E-state index contributed by atoms with van der Waals surface area (Å²) in [4.78, 5) is 2.41. The SMILES string of the molecule is C=CCCCCCC(C)CCCCCCN(C)CC.